The molecular formula is C24H22N2O2S. The van der Waals surface area contributed by atoms with Crippen molar-refractivity contribution in [2.45, 2.75) is 24.8 Å². The molecule has 29 heavy (non-hydrogen) atoms. The van der Waals surface area contributed by atoms with Gasteiger partial charge in [-0.3, -0.25) is 4.79 Å². The van der Waals surface area contributed by atoms with Gasteiger partial charge < -0.3 is 15.4 Å². The molecule has 4 nitrogen and oxygen atoms in total. The SMILES string of the molecule is COc1ccc([C@@H]2CC(=O)C3=C(C2)Nc2ccccc2N[C@H]3c2ccsc2)cc1. The molecule has 2 N–H and O–H groups in total. The molecule has 1 aromatic heterocycles. The number of para-hydroxylation sites is 2. The molecule has 0 saturated carbocycles. The average molecular weight is 403 g/mol. The van der Waals surface area contributed by atoms with Crippen molar-refractivity contribution in [3.05, 3.63) is 87.8 Å². The Balaban J connectivity index is 1.56. The van der Waals surface area contributed by atoms with Crippen LogP contribution in [-0.4, -0.2) is 12.9 Å². The first-order valence-corrected chi connectivity index (χ1v) is 10.7. The van der Waals surface area contributed by atoms with Gasteiger partial charge in [-0.1, -0.05) is 24.3 Å². The van der Waals surface area contributed by atoms with Crippen molar-refractivity contribution in [3.8, 4) is 5.75 Å². The Labute approximate surface area is 174 Å². The molecule has 1 aliphatic carbocycles. The van der Waals surface area contributed by atoms with Crippen LogP contribution in [0.3, 0.4) is 0 Å². The van der Waals surface area contributed by atoms with E-state index in [0.29, 0.717) is 6.42 Å². The summed E-state index contributed by atoms with van der Waals surface area (Å²) < 4.78 is 5.28. The molecular weight excluding hydrogens is 380 g/mol. The summed E-state index contributed by atoms with van der Waals surface area (Å²) in [6, 6.07) is 18.2. The van der Waals surface area contributed by atoms with Crippen LogP contribution in [0.25, 0.3) is 0 Å². The Bertz CT molecular complexity index is 1070. The molecule has 0 saturated heterocycles. The second-order valence-electron chi connectivity index (χ2n) is 7.50. The van der Waals surface area contributed by atoms with E-state index in [2.05, 4.69) is 51.7 Å². The van der Waals surface area contributed by atoms with E-state index in [1.54, 1.807) is 18.4 Å². The van der Waals surface area contributed by atoms with Crippen LogP contribution >= 0.6 is 11.3 Å². The number of carbonyl (C=O) groups is 1. The van der Waals surface area contributed by atoms with Crippen LogP contribution in [0.4, 0.5) is 11.4 Å². The zero-order valence-corrected chi connectivity index (χ0v) is 17.0. The lowest BCUT2D eigenvalue weighted by atomic mass is 9.79. The number of fused-ring (bicyclic) bond motifs is 1. The maximum atomic E-state index is 13.4. The van der Waals surface area contributed by atoms with Crippen molar-refractivity contribution in [2.75, 3.05) is 17.7 Å². The highest BCUT2D eigenvalue weighted by Crippen LogP contribution is 2.44. The number of ketones is 1. The van der Waals surface area contributed by atoms with Crippen molar-refractivity contribution in [1.82, 2.24) is 0 Å². The molecule has 2 aromatic carbocycles. The number of allylic oxidation sites excluding steroid dienone is 1. The Hall–Kier alpha value is -3.05. The van der Waals surface area contributed by atoms with E-state index in [4.69, 9.17) is 4.74 Å². The maximum absolute atomic E-state index is 13.4. The van der Waals surface area contributed by atoms with Gasteiger partial charge in [0.2, 0.25) is 0 Å². The van der Waals surface area contributed by atoms with E-state index in [-0.39, 0.29) is 17.7 Å². The van der Waals surface area contributed by atoms with E-state index < -0.39 is 0 Å². The lowest BCUT2D eigenvalue weighted by molar-refractivity contribution is -0.116. The highest BCUT2D eigenvalue weighted by molar-refractivity contribution is 7.08. The predicted octanol–water partition coefficient (Wildman–Crippen LogP) is 5.74. The van der Waals surface area contributed by atoms with E-state index in [9.17, 15) is 4.79 Å². The number of hydrogen-bond acceptors (Lipinski definition) is 5. The summed E-state index contributed by atoms with van der Waals surface area (Å²) in [5.41, 5.74) is 6.23. The van der Waals surface area contributed by atoms with Crippen molar-refractivity contribution in [3.63, 3.8) is 0 Å². The first-order chi connectivity index (χ1) is 14.2. The second-order valence-corrected chi connectivity index (χ2v) is 8.28. The summed E-state index contributed by atoms with van der Waals surface area (Å²) in [7, 11) is 1.67. The summed E-state index contributed by atoms with van der Waals surface area (Å²) in [6.07, 6.45) is 1.33. The third kappa shape index (κ3) is 3.32. The number of ether oxygens (including phenoxy) is 1. The quantitative estimate of drug-likeness (QED) is 0.587. The Morgan fingerprint density at radius 1 is 0.966 bits per heavy atom. The summed E-state index contributed by atoms with van der Waals surface area (Å²) in [4.78, 5) is 13.4. The molecule has 5 heteroatoms. The van der Waals surface area contributed by atoms with E-state index in [0.717, 1.165) is 40.4 Å². The van der Waals surface area contributed by atoms with Gasteiger partial charge in [0.05, 0.1) is 24.5 Å². The molecule has 0 radical (unpaired) electrons. The van der Waals surface area contributed by atoms with Gasteiger partial charge in [0.25, 0.3) is 0 Å². The molecule has 2 aliphatic rings. The van der Waals surface area contributed by atoms with Crippen LogP contribution in [0.1, 0.15) is 35.9 Å². The van der Waals surface area contributed by atoms with Crippen LogP contribution in [0.15, 0.2) is 76.6 Å². The first-order valence-electron chi connectivity index (χ1n) is 9.78. The Morgan fingerprint density at radius 2 is 1.76 bits per heavy atom. The molecule has 2 atom stereocenters. The topological polar surface area (TPSA) is 50.4 Å². The number of nitrogens with one attached hydrogen (secondary N) is 2. The molecule has 0 amide bonds. The zero-order chi connectivity index (χ0) is 19.8. The molecule has 3 aromatic rings. The predicted molar refractivity (Wildman–Crippen MR) is 118 cm³/mol. The molecule has 0 fully saturated rings. The van der Waals surface area contributed by atoms with E-state index in [1.165, 1.54) is 5.56 Å². The Kier molecular flexibility index (Phi) is 4.60. The number of benzene rings is 2. The number of anilines is 2. The zero-order valence-electron chi connectivity index (χ0n) is 16.1. The fraction of sp³-hybridized carbons (Fsp3) is 0.208. The molecule has 0 unspecified atom stereocenters. The normalized spacial score (nSPS) is 20.8. The van der Waals surface area contributed by atoms with Gasteiger partial charge >= 0.3 is 0 Å². The number of carbonyl (C=O) groups excluding carboxylic acids is 1. The molecule has 0 bridgehead atoms. The van der Waals surface area contributed by atoms with Crippen molar-refractivity contribution in [2.24, 2.45) is 0 Å². The van der Waals surface area contributed by atoms with Crippen LogP contribution < -0.4 is 15.4 Å². The third-order valence-electron chi connectivity index (χ3n) is 5.77. The summed E-state index contributed by atoms with van der Waals surface area (Å²) in [6.45, 7) is 0. The lowest BCUT2D eigenvalue weighted by Gasteiger charge is -2.29. The van der Waals surface area contributed by atoms with Crippen LogP contribution in [-0.2, 0) is 4.79 Å². The molecule has 1 aliphatic heterocycles. The highest BCUT2D eigenvalue weighted by atomic mass is 32.1. The minimum Gasteiger partial charge on any atom is -0.497 e. The summed E-state index contributed by atoms with van der Waals surface area (Å²) in [5, 5.41) is 11.4. The van der Waals surface area contributed by atoms with Crippen molar-refractivity contribution < 1.29 is 9.53 Å². The van der Waals surface area contributed by atoms with Crippen LogP contribution in [0.2, 0.25) is 0 Å². The standard InChI is InChI=1S/C24H22N2O2S/c1-28-18-8-6-15(7-9-18)17-12-21-23(22(27)13-17)24(16-10-11-29-14-16)26-20-5-3-2-4-19(20)25-21/h2-11,14,17,24-26H,12-13H2,1H3/t17-,24-/m0/s1. The fourth-order valence-corrected chi connectivity index (χ4v) is 4.98. The first kappa shape index (κ1) is 18.0. The van der Waals surface area contributed by atoms with Crippen molar-refractivity contribution in [1.29, 1.82) is 0 Å². The number of thiophene rings is 1. The highest BCUT2D eigenvalue weighted by Gasteiger charge is 2.36. The van der Waals surface area contributed by atoms with E-state index in [1.807, 2.05) is 24.3 Å². The van der Waals surface area contributed by atoms with Gasteiger partial charge in [-0.25, -0.2) is 0 Å². The minimum atomic E-state index is -0.128. The summed E-state index contributed by atoms with van der Waals surface area (Å²) >= 11 is 1.66. The fourth-order valence-electron chi connectivity index (χ4n) is 4.29. The number of methoxy groups -OCH3 is 1. The minimum absolute atomic E-state index is 0.128. The Morgan fingerprint density at radius 3 is 2.48 bits per heavy atom. The largest absolute Gasteiger partial charge is 0.497 e. The van der Waals surface area contributed by atoms with Gasteiger partial charge in [0, 0.05) is 17.7 Å². The van der Waals surface area contributed by atoms with E-state index >= 15 is 0 Å². The molecule has 2 heterocycles. The lowest BCUT2D eigenvalue weighted by Crippen LogP contribution is -2.26. The third-order valence-corrected chi connectivity index (χ3v) is 6.47. The van der Waals surface area contributed by atoms with Crippen molar-refractivity contribution >= 4 is 28.5 Å². The van der Waals surface area contributed by atoms with Crippen LogP contribution in [0.5, 0.6) is 5.75 Å². The van der Waals surface area contributed by atoms with Gasteiger partial charge in [-0.2, -0.15) is 11.3 Å². The number of hydrogen-bond donors (Lipinski definition) is 2. The number of Topliss-reactive ketones (excluding diaryl/α,β-unsaturated/α-hetero) is 1. The smallest absolute Gasteiger partial charge is 0.163 e. The van der Waals surface area contributed by atoms with Gasteiger partial charge in [-0.15, -0.1) is 0 Å². The van der Waals surface area contributed by atoms with Gasteiger partial charge in [0.15, 0.2) is 5.78 Å². The monoisotopic (exact) mass is 402 g/mol. The molecule has 0 spiro atoms. The summed E-state index contributed by atoms with van der Waals surface area (Å²) in [5.74, 6) is 1.20. The average Bonchev–Trinajstić information content (AvgIpc) is 3.22. The number of rotatable bonds is 3. The maximum Gasteiger partial charge on any atom is 0.163 e. The van der Waals surface area contributed by atoms with Gasteiger partial charge in [0.1, 0.15) is 5.75 Å². The second kappa shape index (κ2) is 7.41. The van der Waals surface area contributed by atoms with Crippen LogP contribution in [0, 0.1) is 0 Å². The molecule has 146 valence electrons. The molecule has 5 rings (SSSR count). The van der Waals surface area contributed by atoms with Gasteiger partial charge in [-0.05, 0) is 64.6 Å².